The Balaban J connectivity index is 0.621. The molecule has 12 rings (SSSR count). The first-order chi connectivity index (χ1) is 51.2. The number of carbonyl (C=O) groups excluding carboxylic acids is 1. The summed E-state index contributed by atoms with van der Waals surface area (Å²) in [5.74, 6) is -0.377. The van der Waals surface area contributed by atoms with Crippen molar-refractivity contribution in [3.8, 4) is 0 Å². The Hall–Kier alpha value is -2.07. The highest BCUT2D eigenvalue weighted by Gasteiger charge is 2.64. The van der Waals surface area contributed by atoms with E-state index in [1.165, 1.54) is 33.6 Å². The Morgan fingerprint density at radius 2 is 0.926 bits per heavy atom. The third-order valence-electron chi connectivity index (χ3n) is 26.1. The Labute approximate surface area is 629 Å². The van der Waals surface area contributed by atoms with Crippen LogP contribution in [-0.4, -0.2) is 346 Å². The standard InChI is InChI=1S/C74H122O34/c1-28(76)52-41(101-70-61(86)59(84)56(81)47(103-70)27-92-69-60(85)57(82)53(78)29(2)97-69)21-40-38-15-14-36-20-37(16-18-73(36,9)39(38)17-19-74(40,52)10)100-72-63(88)68(54(79)30(3)98-72)107-50-23-43(90-12)65(32(5)94-50)105-51-25-45(99-35(8)77)67(34(7)96-51)106-49-22-42(89-11)64(31(4)93-49)104-48-24-44(91-13)66(33(6)95-48)108-71-62(87)58(83)55(80)46(26-75)102-71/h14,28-34,37-72,75-76,78-88H,15-27H2,1-13H3/t28-,29-,30+,31+,32+,33+,34+,37-,38+,39?,40?,41+,42-,43-,44-,45+,46+,47+,48-,49-,50-,51-,52?,53-,54+,55+,56+,57+,58-,59-,60+,61+,62+,63+,64+,65+,66+,67+,68-,69+,70+,71-,72-,73-,74-/m0/s1. The second kappa shape index (κ2) is 35.4. The summed E-state index contributed by atoms with van der Waals surface area (Å²) < 4.78 is 124. The van der Waals surface area contributed by atoms with Gasteiger partial charge < -0.3 is 161 Å². The van der Waals surface area contributed by atoms with E-state index in [1.54, 1.807) is 48.7 Å². The fourth-order valence-corrected chi connectivity index (χ4v) is 20.1. The molecule has 3 unspecified atom stereocenters. The highest BCUT2D eigenvalue weighted by Crippen LogP contribution is 2.67. The van der Waals surface area contributed by atoms with Crippen LogP contribution in [0.4, 0.5) is 0 Å². The number of esters is 1. The maximum atomic E-state index is 12.8. The topological polar surface area (TPSA) is 465 Å². The van der Waals surface area contributed by atoms with E-state index >= 15 is 0 Å². The van der Waals surface area contributed by atoms with Crippen molar-refractivity contribution in [2.24, 2.45) is 34.5 Å². The van der Waals surface area contributed by atoms with Gasteiger partial charge in [-0.25, -0.2) is 0 Å². The zero-order valence-corrected chi connectivity index (χ0v) is 64.0. The molecular weight excluding hydrogens is 1430 g/mol. The molecule has 8 saturated heterocycles. The largest absolute Gasteiger partial charge is 0.459 e. The first-order valence-electron chi connectivity index (χ1n) is 38.9. The molecule has 0 radical (unpaired) electrons. The first kappa shape index (κ1) is 85.3. The van der Waals surface area contributed by atoms with Crippen molar-refractivity contribution >= 4 is 5.97 Å². The maximum Gasteiger partial charge on any atom is 0.302 e. The summed E-state index contributed by atoms with van der Waals surface area (Å²) in [5, 5.41) is 141. The van der Waals surface area contributed by atoms with E-state index in [2.05, 4.69) is 19.9 Å². The lowest BCUT2D eigenvalue weighted by Gasteiger charge is -2.58. The molecule has 11 fully saturated rings. The van der Waals surface area contributed by atoms with Crippen molar-refractivity contribution in [1.82, 2.24) is 0 Å². The van der Waals surface area contributed by atoms with Crippen molar-refractivity contribution in [1.29, 1.82) is 0 Å². The zero-order chi connectivity index (χ0) is 78.0. The normalized spacial score (nSPS) is 53.2. The highest BCUT2D eigenvalue weighted by molar-refractivity contribution is 5.66. The van der Waals surface area contributed by atoms with Crippen molar-refractivity contribution in [3.63, 3.8) is 0 Å². The molecule has 0 aromatic carbocycles. The summed E-state index contributed by atoms with van der Waals surface area (Å²) in [6, 6.07) is 0. The Bertz CT molecular complexity index is 2920. The van der Waals surface area contributed by atoms with Gasteiger partial charge in [0.2, 0.25) is 0 Å². The van der Waals surface area contributed by atoms with Crippen LogP contribution in [0.5, 0.6) is 0 Å². The number of ether oxygens (including phenoxy) is 20. The number of rotatable bonds is 23. The summed E-state index contributed by atoms with van der Waals surface area (Å²) >= 11 is 0. The van der Waals surface area contributed by atoms with Gasteiger partial charge in [-0.1, -0.05) is 25.5 Å². The van der Waals surface area contributed by atoms with Crippen LogP contribution in [-0.2, 0) is 99.5 Å². The molecule has 45 atom stereocenters. The van der Waals surface area contributed by atoms with Crippen LogP contribution in [0.15, 0.2) is 11.6 Å². The molecule has 12 aliphatic rings. The van der Waals surface area contributed by atoms with Gasteiger partial charge in [0, 0.05) is 59.9 Å². The molecule has 13 N–H and O–H groups in total. The number of aliphatic hydroxyl groups excluding tert-OH is 13. The molecule has 3 saturated carbocycles. The molecule has 34 nitrogen and oxygen atoms in total. The molecule has 0 amide bonds. The Kier molecular flexibility index (Phi) is 28.0. The van der Waals surface area contributed by atoms with Crippen molar-refractivity contribution in [3.05, 3.63) is 11.6 Å². The van der Waals surface area contributed by atoms with E-state index in [0.29, 0.717) is 19.3 Å². The Morgan fingerprint density at radius 1 is 0.472 bits per heavy atom. The summed E-state index contributed by atoms with van der Waals surface area (Å²) in [4.78, 5) is 12.8. The van der Waals surface area contributed by atoms with Crippen LogP contribution in [0.3, 0.4) is 0 Å². The molecule has 0 bridgehead atoms. The molecule has 0 aromatic heterocycles. The van der Waals surface area contributed by atoms with Gasteiger partial charge in [0.1, 0.15) is 116 Å². The Morgan fingerprint density at radius 3 is 1.45 bits per heavy atom. The molecule has 34 heteroatoms. The third-order valence-corrected chi connectivity index (χ3v) is 26.1. The molecule has 0 aromatic rings. The van der Waals surface area contributed by atoms with Crippen molar-refractivity contribution < 1.29 is 166 Å². The first-order valence-corrected chi connectivity index (χ1v) is 38.9. The number of allylic oxidation sites excluding steroid dienone is 1. The maximum absolute atomic E-state index is 12.8. The summed E-state index contributed by atoms with van der Waals surface area (Å²) in [6.45, 7) is 16.8. The summed E-state index contributed by atoms with van der Waals surface area (Å²) in [5.41, 5.74) is 0.673. The molecule has 8 heterocycles. The number of hydrogen-bond donors (Lipinski definition) is 13. The fourth-order valence-electron chi connectivity index (χ4n) is 20.1. The lowest BCUT2D eigenvalue weighted by Crippen LogP contribution is -2.62. The van der Waals surface area contributed by atoms with E-state index in [1.807, 2.05) is 0 Å². The second-order valence-electron chi connectivity index (χ2n) is 32.9. The van der Waals surface area contributed by atoms with Gasteiger partial charge in [0.15, 0.2) is 50.3 Å². The fraction of sp³-hybridized carbons (Fsp3) is 0.959. The van der Waals surface area contributed by atoms with Gasteiger partial charge in [-0.15, -0.1) is 0 Å². The zero-order valence-electron chi connectivity index (χ0n) is 64.0. The van der Waals surface area contributed by atoms with E-state index in [4.69, 9.17) is 94.7 Å². The van der Waals surface area contributed by atoms with Crippen molar-refractivity contribution in [2.45, 2.75) is 379 Å². The van der Waals surface area contributed by atoms with Crippen molar-refractivity contribution in [2.75, 3.05) is 34.5 Å². The minimum Gasteiger partial charge on any atom is -0.459 e. The van der Waals surface area contributed by atoms with Gasteiger partial charge in [-0.3, -0.25) is 4.79 Å². The predicted octanol–water partition coefficient (Wildman–Crippen LogP) is -1.31. The smallest absolute Gasteiger partial charge is 0.302 e. The summed E-state index contributed by atoms with van der Waals surface area (Å²) in [7, 11) is 4.55. The van der Waals surface area contributed by atoms with E-state index in [9.17, 15) is 71.2 Å². The van der Waals surface area contributed by atoms with Crippen LogP contribution < -0.4 is 0 Å². The quantitative estimate of drug-likeness (QED) is 0.0417. The molecule has 108 heavy (non-hydrogen) atoms. The molecular formula is C74H122O34. The van der Waals surface area contributed by atoms with Crippen LogP contribution in [0.25, 0.3) is 0 Å². The van der Waals surface area contributed by atoms with Gasteiger partial charge in [-0.05, 0) is 122 Å². The molecule has 622 valence electrons. The molecule has 8 aliphatic heterocycles. The second-order valence-corrected chi connectivity index (χ2v) is 32.9. The molecule has 4 aliphatic carbocycles. The van der Waals surface area contributed by atoms with E-state index in [0.717, 1.165) is 25.7 Å². The minimum atomic E-state index is -1.71. The average Bonchev–Trinajstić information content (AvgIpc) is 1.48. The van der Waals surface area contributed by atoms with Gasteiger partial charge >= 0.3 is 5.97 Å². The highest BCUT2D eigenvalue weighted by atomic mass is 16.8. The number of methoxy groups -OCH3 is 3. The monoisotopic (exact) mass is 1550 g/mol. The number of aliphatic hydroxyl groups is 13. The van der Waals surface area contributed by atoms with Crippen LogP contribution in [0.1, 0.15) is 140 Å². The lowest BCUT2D eigenvalue weighted by atomic mass is 9.47. The lowest BCUT2D eigenvalue weighted by molar-refractivity contribution is -0.361. The number of fused-ring (bicyclic) bond motifs is 5. The van der Waals surface area contributed by atoms with Gasteiger partial charge in [0.25, 0.3) is 0 Å². The minimum absolute atomic E-state index is 0.0510. The number of carbonyl (C=O) groups is 1. The van der Waals surface area contributed by atoms with E-state index in [-0.39, 0.29) is 66.3 Å². The molecule has 0 spiro atoms. The van der Waals surface area contributed by atoms with E-state index < -0.39 is 253 Å². The van der Waals surface area contributed by atoms with Crippen LogP contribution in [0.2, 0.25) is 0 Å². The van der Waals surface area contributed by atoms with Gasteiger partial charge in [-0.2, -0.15) is 0 Å². The predicted molar refractivity (Wildman–Crippen MR) is 365 cm³/mol. The average molecular weight is 1560 g/mol. The van der Waals surface area contributed by atoms with Gasteiger partial charge in [0.05, 0.1) is 86.5 Å². The SMILES string of the molecule is CO[C@H]1C[C@H](O[C@@H]2[C@@H](O)[C@H](O[C@H]3CC[C@@]4(C)C(=CC[C@H]5C6C[C@@H](O[C@@H]7O[C@H](CO[C@@H]8O[C@@H](C)[C@H](O)[C@@H](O)[C@H]8O)[C@@H](O)[C@H](O)[C@H]7O)C([C@H](C)O)[C@@]6(C)CCC54)C3)O[C@H](C)[C@H]2O)O[C@H](C)[C@H]1O[C@H]1C[C@@H](OC(C)=O)[C@H](O[C@H]2C[C@H](OC)[C@H](O[C@H]3C[C@H](OC)[C@H](O[C@@H]4O[C@H](CO)[C@@H](O)[C@H](O)[C@H]4O)[C@@H](C)O3)[C@@H](C)O2)[C@@H](C)O1. The third kappa shape index (κ3) is 17.3. The van der Waals surface area contributed by atoms with Crippen LogP contribution in [0, 0.1) is 34.5 Å². The number of hydrogen-bond acceptors (Lipinski definition) is 34. The van der Waals surface area contributed by atoms with Crippen LogP contribution >= 0.6 is 0 Å². The summed E-state index contributed by atoms with van der Waals surface area (Å²) in [6.07, 6.45) is -34.0.